The van der Waals surface area contributed by atoms with Crippen molar-refractivity contribution in [1.29, 1.82) is 0 Å². The van der Waals surface area contributed by atoms with E-state index in [1.807, 2.05) is 7.11 Å². The molecule has 1 atom stereocenters. The fraction of sp³-hybridized carbons (Fsp3) is 0.677. The number of hydrogen-bond donors (Lipinski definition) is 0. The van der Waals surface area contributed by atoms with Crippen LogP contribution in [0.1, 0.15) is 125 Å². The fourth-order valence-corrected chi connectivity index (χ4v) is 9.94. The van der Waals surface area contributed by atoms with E-state index >= 15 is 0 Å². The first-order valence-electron chi connectivity index (χ1n) is 12.9. The Labute approximate surface area is 207 Å². The average molecular weight is 471 g/mol. The molecule has 2 rings (SSSR count). The molecule has 0 fully saturated rings. The lowest BCUT2D eigenvalue weighted by atomic mass is 9.65. The molecular weight excluding hydrogens is 419 g/mol. The van der Waals surface area contributed by atoms with Gasteiger partial charge in [-0.15, -0.1) is 0 Å². The van der Waals surface area contributed by atoms with Gasteiger partial charge >= 0.3 is 0 Å². The van der Waals surface area contributed by atoms with Crippen molar-refractivity contribution in [3.05, 3.63) is 52.0 Å². The minimum atomic E-state index is -0.518. The van der Waals surface area contributed by atoms with E-state index in [-0.39, 0.29) is 15.7 Å². The van der Waals surface area contributed by atoms with Crippen LogP contribution >= 0.6 is 7.92 Å². The molecule has 0 bridgehead atoms. The van der Waals surface area contributed by atoms with Gasteiger partial charge in [-0.2, -0.15) is 0 Å². The van der Waals surface area contributed by atoms with Gasteiger partial charge in [-0.1, -0.05) is 116 Å². The molecule has 0 saturated carbocycles. The van der Waals surface area contributed by atoms with E-state index in [2.05, 4.69) is 114 Å². The zero-order valence-electron chi connectivity index (χ0n) is 24.1. The number of allylic oxidation sites excluding steroid dienone is 3. The Bertz CT molecular complexity index is 888. The van der Waals surface area contributed by atoms with Gasteiger partial charge in [0, 0.05) is 5.31 Å². The summed E-state index contributed by atoms with van der Waals surface area (Å²) in [6.45, 7) is 31.1. The van der Waals surface area contributed by atoms with Crippen molar-refractivity contribution in [3.63, 3.8) is 0 Å². The molecule has 0 aliphatic heterocycles. The molecule has 33 heavy (non-hydrogen) atoms. The molecule has 0 N–H and O–H groups in total. The van der Waals surface area contributed by atoms with Crippen molar-refractivity contribution in [1.82, 2.24) is 0 Å². The molecular formula is C31H51OP. The zero-order chi connectivity index (χ0) is 25.5. The molecule has 1 unspecified atom stereocenters. The van der Waals surface area contributed by atoms with Gasteiger partial charge in [0.2, 0.25) is 0 Å². The van der Waals surface area contributed by atoms with Gasteiger partial charge < -0.3 is 4.74 Å². The third kappa shape index (κ3) is 5.61. The standard InChI is InChI=1S/C31H51OP/c1-20(2)23-15-16-24(25(19-23)21(3)4)27-28(33(29(7,8)9)30(10,11)12)26(32-14)17-18-31(27,13)22(5)6/h15-17,19-22H,18H2,1-14H3. The van der Waals surface area contributed by atoms with E-state index in [1.54, 1.807) is 5.57 Å². The second-order valence-corrected chi connectivity index (χ2v) is 16.9. The second-order valence-electron chi connectivity index (χ2n) is 13.1. The smallest absolute Gasteiger partial charge is 0.122 e. The van der Waals surface area contributed by atoms with Crippen LogP contribution in [0.4, 0.5) is 0 Å². The molecule has 2 heteroatoms. The van der Waals surface area contributed by atoms with E-state index in [1.165, 1.54) is 22.0 Å². The number of ether oxygens (including phenoxy) is 1. The van der Waals surface area contributed by atoms with Gasteiger partial charge in [0.15, 0.2) is 0 Å². The number of benzene rings is 1. The van der Waals surface area contributed by atoms with Crippen LogP contribution in [0, 0.1) is 11.3 Å². The summed E-state index contributed by atoms with van der Waals surface area (Å²) in [6.07, 6.45) is 3.41. The molecule has 0 radical (unpaired) electrons. The maximum atomic E-state index is 6.18. The highest BCUT2D eigenvalue weighted by atomic mass is 31.1. The van der Waals surface area contributed by atoms with Crippen LogP contribution in [-0.4, -0.2) is 17.4 Å². The van der Waals surface area contributed by atoms with Crippen LogP contribution in [0.5, 0.6) is 0 Å². The van der Waals surface area contributed by atoms with Crippen LogP contribution < -0.4 is 0 Å². The topological polar surface area (TPSA) is 9.23 Å². The number of methoxy groups -OCH3 is 1. The van der Waals surface area contributed by atoms with Crippen molar-refractivity contribution in [3.8, 4) is 0 Å². The SMILES string of the molecule is COC1=CCC(C)(C(C)C)C(c2ccc(C(C)C)cc2C(C)C)=C1P(C(C)(C)C)C(C)(C)C. The highest BCUT2D eigenvalue weighted by Crippen LogP contribution is 2.71. The Morgan fingerprint density at radius 2 is 1.42 bits per heavy atom. The first-order valence-corrected chi connectivity index (χ1v) is 14.2. The monoisotopic (exact) mass is 470 g/mol. The maximum Gasteiger partial charge on any atom is 0.122 e. The third-order valence-electron chi connectivity index (χ3n) is 7.45. The fourth-order valence-electron chi connectivity index (χ4n) is 5.58. The quantitative estimate of drug-likeness (QED) is 0.376. The van der Waals surface area contributed by atoms with Gasteiger partial charge in [-0.25, -0.2) is 0 Å². The molecule has 1 aliphatic rings. The molecule has 1 aromatic carbocycles. The average Bonchev–Trinajstić information content (AvgIpc) is 2.65. The highest BCUT2D eigenvalue weighted by molar-refractivity contribution is 7.65. The first kappa shape index (κ1) is 28.2. The molecule has 1 aromatic rings. The molecule has 1 aliphatic carbocycles. The summed E-state index contributed by atoms with van der Waals surface area (Å²) in [5.74, 6) is 2.64. The van der Waals surface area contributed by atoms with Crippen molar-refractivity contribution < 1.29 is 4.74 Å². The van der Waals surface area contributed by atoms with Crippen LogP contribution in [0.15, 0.2) is 35.3 Å². The van der Waals surface area contributed by atoms with Gasteiger partial charge in [0.05, 0.1) is 7.11 Å². The Kier molecular flexibility index (Phi) is 8.44. The molecule has 0 heterocycles. The molecule has 1 nitrogen and oxygen atoms in total. The van der Waals surface area contributed by atoms with Crippen LogP contribution in [0.25, 0.3) is 5.57 Å². The van der Waals surface area contributed by atoms with Gasteiger partial charge in [0.25, 0.3) is 0 Å². The molecule has 0 saturated heterocycles. The van der Waals surface area contributed by atoms with Crippen molar-refractivity contribution in [2.45, 2.75) is 119 Å². The summed E-state index contributed by atoms with van der Waals surface area (Å²) >= 11 is 0. The van der Waals surface area contributed by atoms with Gasteiger partial charge in [-0.05, 0) is 68.2 Å². The number of hydrogen-bond acceptors (Lipinski definition) is 1. The second kappa shape index (κ2) is 9.89. The molecule has 186 valence electrons. The molecule has 0 spiro atoms. The molecule has 0 aromatic heterocycles. The Balaban J connectivity index is 3.12. The summed E-state index contributed by atoms with van der Waals surface area (Å²) in [5.41, 5.74) is 5.98. The number of rotatable bonds is 6. The lowest BCUT2D eigenvalue weighted by molar-refractivity contribution is 0.273. The van der Waals surface area contributed by atoms with Crippen LogP contribution in [-0.2, 0) is 4.74 Å². The summed E-state index contributed by atoms with van der Waals surface area (Å²) in [6, 6.07) is 7.30. The predicted octanol–water partition coefficient (Wildman–Crippen LogP) is 10.3. The lowest BCUT2D eigenvalue weighted by Gasteiger charge is -2.49. The predicted molar refractivity (Wildman–Crippen MR) is 151 cm³/mol. The summed E-state index contributed by atoms with van der Waals surface area (Å²) in [4.78, 5) is 0. The van der Waals surface area contributed by atoms with E-state index < -0.39 is 7.92 Å². The van der Waals surface area contributed by atoms with Crippen LogP contribution in [0.3, 0.4) is 0 Å². The minimum absolute atomic E-state index is 0.0669. The highest BCUT2D eigenvalue weighted by Gasteiger charge is 2.46. The van der Waals surface area contributed by atoms with Crippen molar-refractivity contribution in [2.75, 3.05) is 7.11 Å². The van der Waals surface area contributed by atoms with Gasteiger partial charge in [0.1, 0.15) is 5.76 Å². The maximum absolute atomic E-state index is 6.18. The van der Waals surface area contributed by atoms with Gasteiger partial charge in [-0.3, -0.25) is 0 Å². The lowest BCUT2D eigenvalue weighted by Crippen LogP contribution is -2.33. The normalized spacial score (nSPS) is 20.4. The van der Waals surface area contributed by atoms with E-state index in [9.17, 15) is 0 Å². The summed E-state index contributed by atoms with van der Waals surface area (Å²) < 4.78 is 6.18. The Hall–Kier alpha value is -1.07. The summed E-state index contributed by atoms with van der Waals surface area (Å²) in [7, 11) is 1.35. The Morgan fingerprint density at radius 3 is 1.82 bits per heavy atom. The largest absolute Gasteiger partial charge is 0.496 e. The van der Waals surface area contributed by atoms with Crippen molar-refractivity contribution in [2.24, 2.45) is 11.3 Å². The summed E-state index contributed by atoms with van der Waals surface area (Å²) in [5, 5.41) is 1.82. The minimum Gasteiger partial charge on any atom is -0.496 e. The zero-order valence-corrected chi connectivity index (χ0v) is 25.0. The Morgan fingerprint density at radius 1 is 0.879 bits per heavy atom. The third-order valence-corrected chi connectivity index (χ3v) is 11.0. The van der Waals surface area contributed by atoms with Crippen molar-refractivity contribution >= 4 is 13.5 Å². The van der Waals surface area contributed by atoms with E-state index in [4.69, 9.17) is 4.74 Å². The van der Waals surface area contributed by atoms with E-state index in [0.717, 1.165) is 12.2 Å². The first-order chi connectivity index (χ1) is 15.0. The van der Waals surface area contributed by atoms with Crippen LogP contribution in [0.2, 0.25) is 0 Å². The molecule has 0 amide bonds. The van der Waals surface area contributed by atoms with E-state index in [0.29, 0.717) is 17.8 Å².